The molecule has 2 rings (SSSR count). The second kappa shape index (κ2) is 8.07. The Bertz CT molecular complexity index is 552. The van der Waals surface area contributed by atoms with Gasteiger partial charge in [0.1, 0.15) is 5.75 Å². The van der Waals surface area contributed by atoms with Crippen molar-refractivity contribution in [3.8, 4) is 5.75 Å². The summed E-state index contributed by atoms with van der Waals surface area (Å²) in [5.74, 6) is 0.775. The minimum atomic E-state index is -0.0454. The molecule has 0 saturated heterocycles. The third kappa shape index (κ3) is 5.28. The van der Waals surface area contributed by atoms with E-state index in [1.807, 2.05) is 54.6 Å². The van der Waals surface area contributed by atoms with E-state index in [4.69, 9.17) is 9.47 Å². The zero-order valence-electron chi connectivity index (χ0n) is 12.0. The Morgan fingerprint density at radius 3 is 2.43 bits per heavy atom. The number of ether oxygens (including phenoxy) is 2. The fourth-order valence-corrected chi connectivity index (χ4v) is 1.82. The summed E-state index contributed by atoms with van der Waals surface area (Å²) in [6, 6.07) is 17.1. The van der Waals surface area contributed by atoms with Crippen molar-refractivity contribution in [1.82, 2.24) is 0 Å². The first-order chi connectivity index (χ1) is 10.3. The van der Waals surface area contributed by atoms with E-state index in [0.29, 0.717) is 19.6 Å². The van der Waals surface area contributed by atoms with Crippen molar-refractivity contribution >= 4 is 11.6 Å². The fraction of sp³-hybridized carbons (Fsp3) is 0.235. The Kier molecular flexibility index (Phi) is 5.79. The summed E-state index contributed by atoms with van der Waals surface area (Å²) < 4.78 is 10.6. The molecule has 21 heavy (non-hydrogen) atoms. The molecule has 0 aliphatic rings. The van der Waals surface area contributed by atoms with Crippen molar-refractivity contribution in [3.63, 3.8) is 0 Å². The van der Waals surface area contributed by atoms with E-state index in [2.05, 4.69) is 5.32 Å². The van der Waals surface area contributed by atoms with E-state index >= 15 is 0 Å². The molecule has 0 atom stereocenters. The lowest BCUT2D eigenvalue weighted by Crippen LogP contribution is -2.14. The van der Waals surface area contributed by atoms with Gasteiger partial charge < -0.3 is 14.8 Å². The minimum absolute atomic E-state index is 0.0454. The summed E-state index contributed by atoms with van der Waals surface area (Å²) in [5.41, 5.74) is 1.86. The average Bonchev–Trinajstić information content (AvgIpc) is 2.53. The summed E-state index contributed by atoms with van der Waals surface area (Å²) in [6.45, 7) is 0.882. The van der Waals surface area contributed by atoms with Gasteiger partial charge in [0.05, 0.1) is 26.7 Å². The van der Waals surface area contributed by atoms with Crippen molar-refractivity contribution in [2.75, 3.05) is 19.0 Å². The number of carbonyl (C=O) groups is 1. The van der Waals surface area contributed by atoms with Gasteiger partial charge in [0, 0.05) is 5.69 Å². The molecular formula is C17H19NO3. The zero-order valence-corrected chi connectivity index (χ0v) is 12.0. The highest BCUT2D eigenvalue weighted by molar-refractivity contribution is 5.90. The summed E-state index contributed by atoms with van der Waals surface area (Å²) in [7, 11) is 1.64. The highest BCUT2D eigenvalue weighted by Gasteiger charge is 2.02. The fourth-order valence-electron chi connectivity index (χ4n) is 1.82. The second-order valence-corrected chi connectivity index (χ2v) is 4.56. The van der Waals surface area contributed by atoms with E-state index in [1.165, 1.54) is 0 Å². The highest BCUT2D eigenvalue weighted by atomic mass is 16.5. The van der Waals surface area contributed by atoms with Crippen LogP contribution in [0.25, 0.3) is 0 Å². The number of methoxy groups -OCH3 is 1. The summed E-state index contributed by atoms with van der Waals surface area (Å²) >= 11 is 0. The highest BCUT2D eigenvalue weighted by Crippen LogP contribution is 2.12. The smallest absolute Gasteiger partial charge is 0.226 e. The van der Waals surface area contributed by atoms with Crippen LogP contribution in [0.15, 0.2) is 54.6 Å². The quantitative estimate of drug-likeness (QED) is 0.794. The molecule has 1 amide bonds. The standard InChI is InChI=1S/C17H19NO3/c1-20-16-9-7-14(8-10-16)13-21-12-11-17(19)18-15-5-3-2-4-6-15/h2-10H,11-13H2,1H3,(H,18,19). The molecule has 2 aromatic carbocycles. The van der Waals surface area contributed by atoms with Gasteiger partial charge in [0.15, 0.2) is 0 Å². The van der Waals surface area contributed by atoms with Gasteiger partial charge in [-0.15, -0.1) is 0 Å². The Morgan fingerprint density at radius 2 is 1.76 bits per heavy atom. The number of benzene rings is 2. The lowest BCUT2D eigenvalue weighted by atomic mass is 10.2. The van der Waals surface area contributed by atoms with Crippen LogP contribution in [0.1, 0.15) is 12.0 Å². The number of nitrogens with one attached hydrogen (secondary N) is 1. The van der Waals surface area contributed by atoms with Gasteiger partial charge >= 0.3 is 0 Å². The van der Waals surface area contributed by atoms with Gasteiger partial charge in [-0.3, -0.25) is 4.79 Å². The molecule has 0 unspecified atom stereocenters. The average molecular weight is 285 g/mol. The molecule has 0 aliphatic carbocycles. The van der Waals surface area contributed by atoms with Crippen LogP contribution in [-0.4, -0.2) is 19.6 Å². The van der Waals surface area contributed by atoms with Gasteiger partial charge in [-0.05, 0) is 29.8 Å². The molecular weight excluding hydrogens is 266 g/mol. The summed E-state index contributed by atoms with van der Waals surface area (Å²) in [5, 5.41) is 2.82. The molecule has 0 fully saturated rings. The molecule has 0 saturated carbocycles. The van der Waals surface area contributed by atoms with Gasteiger partial charge in [0.2, 0.25) is 5.91 Å². The first-order valence-corrected chi connectivity index (χ1v) is 6.83. The lowest BCUT2D eigenvalue weighted by molar-refractivity contribution is -0.117. The number of hydrogen-bond acceptors (Lipinski definition) is 3. The maximum Gasteiger partial charge on any atom is 0.226 e. The molecule has 0 spiro atoms. The minimum Gasteiger partial charge on any atom is -0.497 e. The normalized spacial score (nSPS) is 10.1. The van der Waals surface area contributed by atoms with E-state index in [1.54, 1.807) is 7.11 Å². The van der Waals surface area contributed by atoms with Gasteiger partial charge in [-0.2, -0.15) is 0 Å². The van der Waals surface area contributed by atoms with Gasteiger partial charge in [-0.25, -0.2) is 0 Å². The summed E-state index contributed by atoms with van der Waals surface area (Å²) in [4.78, 5) is 11.7. The van der Waals surface area contributed by atoms with Crippen LogP contribution >= 0.6 is 0 Å². The number of hydrogen-bond donors (Lipinski definition) is 1. The molecule has 4 heteroatoms. The lowest BCUT2D eigenvalue weighted by Gasteiger charge is -2.07. The molecule has 4 nitrogen and oxygen atoms in total. The third-order valence-corrected chi connectivity index (χ3v) is 2.96. The Morgan fingerprint density at radius 1 is 1.05 bits per heavy atom. The molecule has 1 N–H and O–H groups in total. The Labute approximate surface area is 124 Å². The van der Waals surface area contributed by atoms with Gasteiger partial charge in [-0.1, -0.05) is 30.3 Å². The molecule has 0 aromatic heterocycles. The summed E-state index contributed by atoms with van der Waals surface area (Å²) in [6.07, 6.45) is 0.338. The molecule has 0 heterocycles. The van der Waals surface area contributed by atoms with Crippen molar-refractivity contribution in [3.05, 3.63) is 60.2 Å². The van der Waals surface area contributed by atoms with E-state index in [9.17, 15) is 4.79 Å². The van der Waals surface area contributed by atoms with E-state index in [-0.39, 0.29) is 5.91 Å². The van der Waals surface area contributed by atoms with E-state index in [0.717, 1.165) is 17.0 Å². The Balaban J connectivity index is 1.66. The molecule has 2 aromatic rings. The number of carbonyl (C=O) groups excluding carboxylic acids is 1. The monoisotopic (exact) mass is 285 g/mol. The van der Waals surface area contributed by atoms with Crippen LogP contribution in [0.3, 0.4) is 0 Å². The van der Waals surface area contributed by atoms with Crippen LogP contribution in [0, 0.1) is 0 Å². The van der Waals surface area contributed by atoms with E-state index < -0.39 is 0 Å². The molecule has 110 valence electrons. The first-order valence-electron chi connectivity index (χ1n) is 6.83. The number of para-hydroxylation sites is 1. The Hall–Kier alpha value is -2.33. The van der Waals surface area contributed by atoms with Crippen molar-refractivity contribution in [1.29, 1.82) is 0 Å². The third-order valence-electron chi connectivity index (χ3n) is 2.96. The van der Waals surface area contributed by atoms with Crippen LogP contribution in [0.4, 0.5) is 5.69 Å². The first kappa shape index (κ1) is 15.1. The SMILES string of the molecule is COc1ccc(COCCC(=O)Nc2ccccc2)cc1. The second-order valence-electron chi connectivity index (χ2n) is 4.56. The number of anilines is 1. The predicted octanol–water partition coefficient (Wildman–Crippen LogP) is 3.24. The van der Waals surface area contributed by atoms with Crippen LogP contribution in [0.2, 0.25) is 0 Å². The maximum absolute atomic E-state index is 11.7. The predicted molar refractivity (Wildman–Crippen MR) is 82.3 cm³/mol. The van der Waals surface area contributed by atoms with Crippen LogP contribution in [0.5, 0.6) is 5.75 Å². The number of amides is 1. The van der Waals surface area contributed by atoms with Crippen LogP contribution < -0.4 is 10.1 Å². The zero-order chi connectivity index (χ0) is 14.9. The molecule has 0 aliphatic heterocycles. The molecule has 0 radical (unpaired) electrons. The maximum atomic E-state index is 11.7. The van der Waals surface area contributed by atoms with Gasteiger partial charge in [0.25, 0.3) is 0 Å². The van der Waals surface area contributed by atoms with Crippen LogP contribution in [-0.2, 0) is 16.1 Å². The largest absolute Gasteiger partial charge is 0.497 e. The van der Waals surface area contributed by atoms with Crippen molar-refractivity contribution < 1.29 is 14.3 Å². The number of rotatable bonds is 7. The van der Waals surface area contributed by atoms with Crippen molar-refractivity contribution in [2.45, 2.75) is 13.0 Å². The topological polar surface area (TPSA) is 47.6 Å². The van der Waals surface area contributed by atoms with Crippen molar-refractivity contribution in [2.24, 2.45) is 0 Å². The molecule has 0 bridgehead atoms.